The normalized spacial score (nSPS) is 16.2. The molecule has 0 aromatic heterocycles. The highest BCUT2D eigenvalue weighted by Crippen LogP contribution is 2.05. The minimum absolute atomic E-state index is 0.125. The second-order valence-electron chi connectivity index (χ2n) is 2.89. The van der Waals surface area contributed by atoms with Crippen LogP contribution < -0.4 is 5.32 Å². The number of nitrogens with zero attached hydrogens (tertiary/aromatic N) is 1. The van der Waals surface area contributed by atoms with Crippen LogP contribution in [0.1, 0.15) is 6.42 Å². The number of urea groups is 1. The molecule has 1 aliphatic heterocycles. The summed E-state index contributed by atoms with van der Waals surface area (Å²) in [5.74, 6) is 1.44. The van der Waals surface area contributed by atoms with Crippen molar-refractivity contribution in [2.24, 2.45) is 0 Å². The Balaban J connectivity index is 2.11. The van der Waals surface area contributed by atoms with E-state index in [0.717, 1.165) is 17.9 Å². The van der Waals surface area contributed by atoms with Gasteiger partial charge in [0.15, 0.2) is 0 Å². The number of imide groups is 1. The Morgan fingerprint density at radius 2 is 2.21 bits per heavy atom. The average Bonchev–Trinajstić information content (AvgIpc) is 2.48. The molecule has 0 aromatic carbocycles. The first-order chi connectivity index (χ1) is 6.75. The summed E-state index contributed by atoms with van der Waals surface area (Å²) < 4.78 is 0. The zero-order chi connectivity index (χ0) is 10.4. The number of aliphatic hydroxyl groups is 1. The van der Waals surface area contributed by atoms with Crippen molar-refractivity contribution >= 4 is 23.7 Å². The molecule has 1 rings (SSSR count). The number of hydrogen-bond donors (Lipinski definition) is 2. The van der Waals surface area contributed by atoms with Gasteiger partial charge in [0.2, 0.25) is 5.91 Å². The first-order valence-corrected chi connectivity index (χ1v) is 5.68. The molecule has 5 nitrogen and oxygen atoms in total. The Labute approximate surface area is 86.8 Å². The number of nitrogens with one attached hydrogen (secondary N) is 1. The molecular weight excluding hydrogens is 204 g/mol. The van der Waals surface area contributed by atoms with E-state index in [1.807, 2.05) is 0 Å². The number of carbonyl (C=O) groups excluding carboxylic acids is 2. The zero-order valence-corrected chi connectivity index (χ0v) is 8.68. The van der Waals surface area contributed by atoms with E-state index in [1.165, 1.54) is 4.90 Å². The minimum atomic E-state index is -0.294. The highest BCUT2D eigenvalue weighted by atomic mass is 32.2. The molecule has 1 aliphatic rings. The lowest BCUT2D eigenvalue weighted by molar-refractivity contribution is -0.124. The summed E-state index contributed by atoms with van der Waals surface area (Å²) in [6, 6.07) is -0.294. The van der Waals surface area contributed by atoms with Crippen LogP contribution in [0, 0.1) is 0 Å². The van der Waals surface area contributed by atoms with Gasteiger partial charge in [0.1, 0.15) is 0 Å². The maximum Gasteiger partial charge on any atom is 0.324 e. The molecule has 0 atom stereocenters. The highest BCUT2D eigenvalue weighted by molar-refractivity contribution is 7.99. The summed E-state index contributed by atoms with van der Waals surface area (Å²) in [4.78, 5) is 23.4. The van der Waals surface area contributed by atoms with E-state index in [1.54, 1.807) is 11.8 Å². The Bertz CT molecular complexity index is 207. The maximum absolute atomic E-state index is 11.1. The molecule has 0 bridgehead atoms. The van der Waals surface area contributed by atoms with Crippen LogP contribution in [0.2, 0.25) is 0 Å². The molecule has 14 heavy (non-hydrogen) atoms. The van der Waals surface area contributed by atoms with E-state index in [0.29, 0.717) is 6.54 Å². The van der Waals surface area contributed by atoms with E-state index in [9.17, 15) is 9.59 Å². The Kier molecular flexibility index (Phi) is 4.75. The van der Waals surface area contributed by atoms with Crippen LogP contribution in [0.5, 0.6) is 0 Å². The number of hydrogen-bond acceptors (Lipinski definition) is 4. The fourth-order valence-electron chi connectivity index (χ4n) is 1.11. The van der Waals surface area contributed by atoms with Crippen LogP contribution in [0.15, 0.2) is 0 Å². The van der Waals surface area contributed by atoms with Crippen LogP contribution in [0.25, 0.3) is 0 Å². The van der Waals surface area contributed by atoms with Gasteiger partial charge < -0.3 is 10.4 Å². The van der Waals surface area contributed by atoms with Gasteiger partial charge in [0.05, 0.1) is 6.54 Å². The summed E-state index contributed by atoms with van der Waals surface area (Å²) >= 11 is 1.63. The highest BCUT2D eigenvalue weighted by Gasteiger charge is 2.27. The molecule has 2 N–H and O–H groups in total. The zero-order valence-electron chi connectivity index (χ0n) is 7.86. The molecule has 0 aliphatic carbocycles. The van der Waals surface area contributed by atoms with Crippen LogP contribution in [-0.4, -0.2) is 53.1 Å². The molecule has 1 heterocycles. The molecule has 0 aromatic rings. The summed E-state index contributed by atoms with van der Waals surface area (Å²) in [6.45, 7) is 0.775. The molecule has 0 saturated carbocycles. The Morgan fingerprint density at radius 1 is 1.43 bits per heavy atom. The second-order valence-corrected chi connectivity index (χ2v) is 4.12. The monoisotopic (exact) mass is 218 g/mol. The lowest BCUT2D eigenvalue weighted by Gasteiger charge is -2.11. The van der Waals surface area contributed by atoms with Crippen LogP contribution in [0.3, 0.4) is 0 Å². The standard InChI is InChI=1S/C8H14N2O3S/c11-3-1-4-14-5-2-10-7(12)6-9-8(10)13/h11H,1-6H2,(H,9,13). The Morgan fingerprint density at radius 3 is 2.79 bits per heavy atom. The lowest BCUT2D eigenvalue weighted by atomic mass is 10.5. The lowest BCUT2D eigenvalue weighted by Crippen LogP contribution is -2.32. The SMILES string of the molecule is O=C1CNC(=O)N1CCSCCCO. The van der Waals surface area contributed by atoms with Crippen LogP contribution >= 0.6 is 11.8 Å². The molecule has 0 radical (unpaired) electrons. The molecule has 3 amide bonds. The molecule has 6 heteroatoms. The van der Waals surface area contributed by atoms with E-state index in [-0.39, 0.29) is 25.1 Å². The first-order valence-electron chi connectivity index (χ1n) is 4.52. The van der Waals surface area contributed by atoms with Gasteiger partial charge in [-0.2, -0.15) is 11.8 Å². The quantitative estimate of drug-likeness (QED) is 0.472. The van der Waals surface area contributed by atoms with Crippen molar-refractivity contribution in [3.63, 3.8) is 0 Å². The van der Waals surface area contributed by atoms with Crippen LogP contribution in [0.4, 0.5) is 4.79 Å². The van der Waals surface area contributed by atoms with Gasteiger partial charge in [-0.05, 0) is 12.2 Å². The minimum Gasteiger partial charge on any atom is -0.396 e. The maximum atomic E-state index is 11.1. The third kappa shape index (κ3) is 3.19. The van der Waals surface area contributed by atoms with E-state index in [4.69, 9.17) is 5.11 Å². The van der Waals surface area contributed by atoms with Gasteiger partial charge in [0, 0.05) is 18.9 Å². The fraction of sp³-hybridized carbons (Fsp3) is 0.750. The number of aliphatic hydroxyl groups excluding tert-OH is 1. The van der Waals surface area contributed by atoms with Gasteiger partial charge in [0.25, 0.3) is 0 Å². The van der Waals surface area contributed by atoms with Gasteiger partial charge in [-0.3, -0.25) is 9.69 Å². The van der Waals surface area contributed by atoms with E-state index < -0.39 is 0 Å². The van der Waals surface area contributed by atoms with Crippen molar-refractivity contribution in [2.45, 2.75) is 6.42 Å². The summed E-state index contributed by atoms with van der Waals surface area (Å²) in [7, 11) is 0. The van der Waals surface area contributed by atoms with Gasteiger partial charge >= 0.3 is 6.03 Å². The third-order valence-corrected chi connectivity index (χ3v) is 2.89. The van der Waals surface area contributed by atoms with Gasteiger partial charge in [-0.1, -0.05) is 0 Å². The fourth-order valence-corrected chi connectivity index (χ4v) is 1.96. The molecule has 80 valence electrons. The van der Waals surface area contributed by atoms with Crippen molar-refractivity contribution in [3.05, 3.63) is 0 Å². The van der Waals surface area contributed by atoms with Gasteiger partial charge in [-0.25, -0.2) is 4.79 Å². The van der Waals surface area contributed by atoms with Crippen LogP contribution in [-0.2, 0) is 4.79 Å². The summed E-state index contributed by atoms with van der Waals surface area (Å²) in [5.41, 5.74) is 0. The van der Waals surface area contributed by atoms with E-state index in [2.05, 4.69) is 5.32 Å². The number of carbonyl (C=O) groups is 2. The predicted molar refractivity (Wildman–Crippen MR) is 54.1 cm³/mol. The number of rotatable bonds is 6. The van der Waals surface area contributed by atoms with E-state index >= 15 is 0 Å². The van der Waals surface area contributed by atoms with Crippen molar-refractivity contribution in [1.82, 2.24) is 10.2 Å². The summed E-state index contributed by atoms with van der Waals surface area (Å²) in [6.07, 6.45) is 0.755. The topological polar surface area (TPSA) is 69.6 Å². The average molecular weight is 218 g/mol. The van der Waals surface area contributed by atoms with Crippen molar-refractivity contribution in [3.8, 4) is 0 Å². The number of thioether (sulfide) groups is 1. The third-order valence-electron chi connectivity index (χ3n) is 1.84. The predicted octanol–water partition coefficient (Wildman–Crippen LogP) is -0.346. The van der Waals surface area contributed by atoms with Crippen molar-refractivity contribution < 1.29 is 14.7 Å². The smallest absolute Gasteiger partial charge is 0.324 e. The molecule has 1 saturated heterocycles. The largest absolute Gasteiger partial charge is 0.396 e. The second kappa shape index (κ2) is 5.87. The van der Waals surface area contributed by atoms with Crippen molar-refractivity contribution in [1.29, 1.82) is 0 Å². The number of amides is 3. The molecule has 0 unspecified atom stereocenters. The summed E-state index contributed by atoms with van der Waals surface area (Å²) in [5, 5.41) is 11.0. The first kappa shape index (κ1) is 11.3. The Hall–Kier alpha value is -0.750. The molecular formula is C8H14N2O3S. The van der Waals surface area contributed by atoms with Crippen molar-refractivity contribution in [2.75, 3.05) is 31.2 Å². The van der Waals surface area contributed by atoms with Gasteiger partial charge in [-0.15, -0.1) is 0 Å². The molecule has 0 spiro atoms. The molecule has 1 fully saturated rings.